The predicted octanol–water partition coefficient (Wildman–Crippen LogP) is 12.8. The van der Waals surface area contributed by atoms with Crippen LogP contribution in [-0.2, 0) is 32.7 Å². The molecule has 2 atom stereocenters. The number of ether oxygens (including phenoxy) is 2. The second kappa shape index (κ2) is 40.7. The van der Waals surface area contributed by atoms with Crippen LogP contribution in [0.3, 0.4) is 0 Å². The zero-order chi connectivity index (χ0) is 38.9. The molecule has 10 heteroatoms. The standard InChI is InChI=1S/C43H86NO8P/c1-3-5-7-9-11-13-15-17-19-21-23-25-27-29-31-33-35-42(45)49-39-41(40-51-53(47,48)50-38-37-44)52-43(46)36-34-32-30-28-26-24-22-20-18-16-14-12-10-8-6-4-2/h41H,3-40,44H2,1-2H3,(H,47,48)/t41-/m1/s1. The predicted molar refractivity (Wildman–Crippen MR) is 220 cm³/mol. The first kappa shape index (κ1) is 52.0. The number of esters is 2. The van der Waals surface area contributed by atoms with Crippen molar-refractivity contribution in [1.82, 2.24) is 0 Å². The molecular formula is C43H86NO8P. The average Bonchev–Trinajstić information content (AvgIpc) is 3.14. The van der Waals surface area contributed by atoms with Gasteiger partial charge in [0.1, 0.15) is 6.61 Å². The lowest BCUT2D eigenvalue weighted by Crippen LogP contribution is -2.29. The van der Waals surface area contributed by atoms with Crippen LogP contribution in [0.5, 0.6) is 0 Å². The van der Waals surface area contributed by atoms with Crippen molar-refractivity contribution in [3.8, 4) is 0 Å². The van der Waals surface area contributed by atoms with Gasteiger partial charge in [0, 0.05) is 19.4 Å². The monoisotopic (exact) mass is 776 g/mol. The highest BCUT2D eigenvalue weighted by Gasteiger charge is 2.26. The summed E-state index contributed by atoms with van der Waals surface area (Å²) in [7, 11) is -4.37. The minimum atomic E-state index is -4.37. The maximum Gasteiger partial charge on any atom is 0.472 e. The number of rotatable bonds is 43. The number of phosphoric acid groups is 1. The molecular weight excluding hydrogens is 689 g/mol. The van der Waals surface area contributed by atoms with Gasteiger partial charge in [0.25, 0.3) is 0 Å². The largest absolute Gasteiger partial charge is 0.472 e. The molecule has 0 heterocycles. The molecule has 0 aromatic heterocycles. The molecule has 0 fully saturated rings. The summed E-state index contributed by atoms with van der Waals surface area (Å²) in [4.78, 5) is 34.9. The molecule has 0 aliphatic rings. The van der Waals surface area contributed by atoms with E-state index in [1.165, 1.54) is 167 Å². The van der Waals surface area contributed by atoms with Gasteiger partial charge in [-0.3, -0.25) is 18.6 Å². The highest BCUT2D eigenvalue weighted by molar-refractivity contribution is 7.47. The van der Waals surface area contributed by atoms with Gasteiger partial charge in [0.2, 0.25) is 0 Å². The third kappa shape index (κ3) is 40.5. The third-order valence-electron chi connectivity index (χ3n) is 9.99. The van der Waals surface area contributed by atoms with E-state index in [0.717, 1.165) is 32.1 Å². The Bertz CT molecular complexity index is 845. The maximum absolute atomic E-state index is 12.6. The van der Waals surface area contributed by atoms with Crippen molar-refractivity contribution in [2.75, 3.05) is 26.4 Å². The van der Waals surface area contributed by atoms with Crippen LogP contribution in [0, 0.1) is 0 Å². The third-order valence-corrected chi connectivity index (χ3v) is 11.0. The molecule has 0 aliphatic carbocycles. The fourth-order valence-corrected chi connectivity index (χ4v) is 7.40. The van der Waals surface area contributed by atoms with Crippen molar-refractivity contribution in [3.63, 3.8) is 0 Å². The number of unbranched alkanes of at least 4 members (excludes halogenated alkanes) is 30. The Hall–Kier alpha value is -0.990. The van der Waals surface area contributed by atoms with Gasteiger partial charge >= 0.3 is 19.8 Å². The molecule has 1 unspecified atom stereocenters. The van der Waals surface area contributed by atoms with Gasteiger partial charge in [0.15, 0.2) is 6.10 Å². The van der Waals surface area contributed by atoms with E-state index in [1.807, 2.05) is 0 Å². The van der Waals surface area contributed by atoms with Crippen molar-refractivity contribution in [2.45, 2.75) is 238 Å². The Labute approximate surface area is 327 Å². The van der Waals surface area contributed by atoms with Crippen molar-refractivity contribution in [1.29, 1.82) is 0 Å². The first-order valence-electron chi connectivity index (χ1n) is 22.5. The molecule has 53 heavy (non-hydrogen) atoms. The molecule has 0 saturated carbocycles. The Kier molecular flexibility index (Phi) is 39.9. The van der Waals surface area contributed by atoms with Gasteiger partial charge < -0.3 is 20.1 Å². The molecule has 0 radical (unpaired) electrons. The summed E-state index contributed by atoms with van der Waals surface area (Å²) in [5.74, 6) is -0.811. The van der Waals surface area contributed by atoms with Gasteiger partial charge in [-0.15, -0.1) is 0 Å². The molecule has 0 bridgehead atoms. The van der Waals surface area contributed by atoms with Gasteiger partial charge in [-0.25, -0.2) is 4.57 Å². The molecule has 3 N–H and O–H groups in total. The molecule has 0 aliphatic heterocycles. The number of phosphoric ester groups is 1. The summed E-state index contributed by atoms with van der Waals surface area (Å²) >= 11 is 0. The molecule has 0 rings (SSSR count). The number of nitrogens with two attached hydrogens (primary N) is 1. The summed E-state index contributed by atoms with van der Waals surface area (Å²) in [6.45, 7) is 3.78. The highest BCUT2D eigenvalue weighted by Crippen LogP contribution is 2.43. The SMILES string of the molecule is CCCCCCCCCCCCCCCCCCC(=O)OC[C@H](COP(=O)(O)OCCN)OC(=O)CCCCCCCCCCCCCCCCCC. The lowest BCUT2D eigenvalue weighted by molar-refractivity contribution is -0.161. The molecule has 9 nitrogen and oxygen atoms in total. The van der Waals surface area contributed by atoms with E-state index in [9.17, 15) is 19.0 Å². The minimum absolute atomic E-state index is 0.0581. The van der Waals surface area contributed by atoms with Gasteiger partial charge in [0.05, 0.1) is 13.2 Å². The van der Waals surface area contributed by atoms with Crippen LogP contribution in [0.25, 0.3) is 0 Å². The zero-order valence-corrected chi connectivity index (χ0v) is 35.7. The number of carbonyl (C=O) groups is 2. The smallest absolute Gasteiger partial charge is 0.462 e. The Morgan fingerprint density at radius 2 is 0.811 bits per heavy atom. The average molecular weight is 776 g/mol. The van der Waals surface area contributed by atoms with E-state index in [4.69, 9.17) is 24.3 Å². The number of hydrogen-bond acceptors (Lipinski definition) is 8. The van der Waals surface area contributed by atoms with Crippen LogP contribution in [0.1, 0.15) is 232 Å². The quantitative estimate of drug-likeness (QED) is 0.0352. The summed E-state index contributed by atoms with van der Waals surface area (Å²) in [6, 6.07) is 0. The normalized spacial score (nSPS) is 13.2. The minimum Gasteiger partial charge on any atom is -0.462 e. The van der Waals surface area contributed by atoms with E-state index in [0.29, 0.717) is 6.42 Å². The molecule has 0 saturated heterocycles. The summed E-state index contributed by atoms with van der Waals surface area (Å²) in [5, 5.41) is 0. The fourth-order valence-electron chi connectivity index (χ4n) is 6.64. The van der Waals surface area contributed by atoms with Gasteiger partial charge in [-0.2, -0.15) is 0 Å². The second-order valence-corrected chi connectivity index (χ2v) is 16.7. The number of hydrogen-bond donors (Lipinski definition) is 2. The molecule has 316 valence electrons. The van der Waals surface area contributed by atoms with Gasteiger partial charge in [-0.05, 0) is 12.8 Å². The summed E-state index contributed by atoms with van der Waals surface area (Å²) < 4.78 is 32.8. The lowest BCUT2D eigenvalue weighted by Gasteiger charge is -2.19. The van der Waals surface area contributed by atoms with Gasteiger partial charge in [-0.1, -0.05) is 206 Å². The van der Waals surface area contributed by atoms with E-state index in [2.05, 4.69) is 13.8 Å². The van der Waals surface area contributed by atoms with E-state index >= 15 is 0 Å². The second-order valence-electron chi connectivity index (χ2n) is 15.3. The maximum atomic E-state index is 12.6. The fraction of sp³-hybridized carbons (Fsp3) is 0.953. The van der Waals surface area contributed by atoms with Crippen molar-refractivity contribution in [3.05, 3.63) is 0 Å². The van der Waals surface area contributed by atoms with Crippen LogP contribution in [0.4, 0.5) is 0 Å². The number of carbonyl (C=O) groups excluding carboxylic acids is 2. The first-order chi connectivity index (χ1) is 25.8. The van der Waals surface area contributed by atoms with Crippen molar-refractivity contribution >= 4 is 19.8 Å². The summed E-state index contributed by atoms with van der Waals surface area (Å²) in [5.41, 5.74) is 5.35. The van der Waals surface area contributed by atoms with Crippen LogP contribution in [-0.4, -0.2) is 49.3 Å². The molecule has 0 amide bonds. The Morgan fingerprint density at radius 1 is 0.491 bits per heavy atom. The zero-order valence-electron chi connectivity index (χ0n) is 34.8. The summed E-state index contributed by atoms with van der Waals surface area (Å²) in [6.07, 6.45) is 39.8. The van der Waals surface area contributed by atoms with E-state index < -0.39 is 26.5 Å². The van der Waals surface area contributed by atoms with Crippen LogP contribution in [0.15, 0.2) is 0 Å². The van der Waals surface area contributed by atoms with Crippen LogP contribution < -0.4 is 5.73 Å². The first-order valence-corrected chi connectivity index (χ1v) is 24.0. The molecule has 0 aromatic rings. The molecule has 0 aromatic carbocycles. The van der Waals surface area contributed by atoms with Crippen LogP contribution in [0.2, 0.25) is 0 Å². The molecule has 0 spiro atoms. The van der Waals surface area contributed by atoms with Crippen LogP contribution >= 0.6 is 7.82 Å². The van der Waals surface area contributed by atoms with E-state index in [1.54, 1.807) is 0 Å². The van der Waals surface area contributed by atoms with Crippen molar-refractivity contribution < 1.29 is 37.6 Å². The topological polar surface area (TPSA) is 134 Å². The van der Waals surface area contributed by atoms with E-state index in [-0.39, 0.29) is 38.6 Å². The van der Waals surface area contributed by atoms with Crippen molar-refractivity contribution in [2.24, 2.45) is 5.73 Å². The Morgan fingerprint density at radius 3 is 1.15 bits per heavy atom. The lowest BCUT2D eigenvalue weighted by atomic mass is 10.0. The highest BCUT2D eigenvalue weighted by atomic mass is 31.2. The Balaban J connectivity index is 4.08.